The van der Waals surface area contributed by atoms with Gasteiger partial charge in [-0.25, -0.2) is 4.98 Å². The number of nitrogens with zero attached hydrogens (tertiary/aromatic N) is 2. The largest absolute Gasteiger partial charge is 0.381 e. The van der Waals surface area contributed by atoms with E-state index in [2.05, 4.69) is 37.9 Å². The molecule has 1 saturated heterocycles. The van der Waals surface area contributed by atoms with Crippen LogP contribution in [0.5, 0.6) is 0 Å². The van der Waals surface area contributed by atoms with E-state index in [9.17, 15) is 14.4 Å². The fourth-order valence-electron chi connectivity index (χ4n) is 4.90. The van der Waals surface area contributed by atoms with Gasteiger partial charge in [0, 0.05) is 44.9 Å². The number of Topliss-reactive ketones (excluding diaryl/α,β-unsaturated/α-hetero) is 2. The number of rotatable bonds is 14. The summed E-state index contributed by atoms with van der Waals surface area (Å²) in [6, 6.07) is 7.84. The predicted molar refractivity (Wildman–Crippen MR) is 150 cm³/mol. The molecule has 8 heteroatoms. The molecular formula is C30H39N3O4S. The van der Waals surface area contributed by atoms with Crippen LogP contribution in [-0.2, 0) is 25.5 Å². The van der Waals surface area contributed by atoms with Crippen molar-refractivity contribution in [1.29, 1.82) is 5.26 Å². The maximum atomic E-state index is 13.7. The van der Waals surface area contributed by atoms with Crippen LogP contribution < -0.4 is 5.32 Å². The highest BCUT2D eigenvalue weighted by atomic mass is 32.1. The number of fused-ring (bicyclic) bond motifs is 1. The second kappa shape index (κ2) is 14.3. The van der Waals surface area contributed by atoms with Crippen molar-refractivity contribution >= 4 is 39.0 Å². The van der Waals surface area contributed by atoms with Gasteiger partial charge in [-0.15, -0.1) is 11.3 Å². The van der Waals surface area contributed by atoms with Crippen LogP contribution in [-0.4, -0.2) is 41.7 Å². The Labute approximate surface area is 229 Å². The van der Waals surface area contributed by atoms with Gasteiger partial charge in [0.05, 0.1) is 26.7 Å². The van der Waals surface area contributed by atoms with E-state index in [0.29, 0.717) is 38.4 Å². The Hall–Kier alpha value is -2.89. The molecule has 1 fully saturated rings. The van der Waals surface area contributed by atoms with Crippen LogP contribution in [0.2, 0.25) is 0 Å². The van der Waals surface area contributed by atoms with Crippen molar-refractivity contribution in [2.24, 2.45) is 11.8 Å². The minimum Gasteiger partial charge on any atom is -0.381 e. The number of hydrogen-bond acceptors (Lipinski definition) is 7. The molecule has 0 spiro atoms. The van der Waals surface area contributed by atoms with Crippen LogP contribution >= 0.6 is 11.3 Å². The molecule has 1 aliphatic heterocycles. The Balaban J connectivity index is 1.79. The first-order valence-electron chi connectivity index (χ1n) is 13.6. The number of hydrogen-bond donors (Lipinski definition) is 1. The molecule has 1 N–H and O–H groups in total. The number of ether oxygens (including phenoxy) is 1. The molecule has 0 saturated carbocycles. The van der Waals surface area contributed by atoms with Crippen molar-refractivity contribution in [3.8, 4) is 6.07 Å². The van der Waals surface area contributed by atoms with Crippen molar-refractivity contribution in [2.75, 3.05) is 13.2 Å². The molecule has 7 nitrogen and oxygen atoms in total. The number of nitrogens with one attached hydrogen (secondary N) is 1. The first-order valence-corrected chi connectivity index (χ1v) is 14.4. The quantitative estimate of drug-likeness (QED) is 0.245. The van der Waals surface area contributed by atoms with E-state index in [4.69, 9.17) is 15.0 Å². The fraction of sp³-hybridized carbons (Fsp3) is 0.567. The summed E-state index contributed by atoms with van der Waals surface area (Å²) in [5.41, 5.74) is 2.08. The Morgan fingerprint density at radius 3 is 2.63 bits per heavy atom. The first-order chi connectivity index (χ1) is 18.2. The molecule has 2 aromatic rings. The van der Waals surface area contributed by atoms with E-state index < -0.39 is 5.92 Å². The van der Waals surface area contributed by atoms with Gasteiger partial charge >= 0.3 is 0 Å². The van der Waals surface area contributed by atoms with Crippen LogP contribution in [0.15, 0.2) is 30.4 Å². The molecule has 3 rings (SSSR count). The molecular weight excluding hydrogens is 498 g/mol. The number of carbonyl (C=O) groups excluding carboxylic acids is 3. The molecule has 0 bridgehead atoms. The van der Waals surface area contributed by atoms with Gasteiger partial charge in [0.1, 0.15) is 11.9 Å². The van der Waals surface area contributed by atoms with Gasteiger partial charge < -0.3 is 10.1 Å². The lowest BCUT2D eigenvalue weighted by atomic mass is 9.87. The van der Waals surface area contributed by atoms with Crippen molar-refractivity contribution in [1.82, 2.24) is 10.3 Å². The smallest absolute Gasteiger partial charge is 0.224 e. The number of nitriles is 1. The average molecular weight is 538 g/mol. The third-order valence-electron chi connectivity index (χ3n) is 7.23. The van der Waals surface area contributed by atoms with Crippen LogP contribution in [0, 0.1) is 23.2 Å². The molecule has 1 aliphatic rings. The third kappa shape index (κ3) is 8.31. The van der Waals surface area contributed by atoms with Crippen LogP contribution in [0.3, 0.4) is 0 Å². The summed E-state index contributed by atoms with van der Waals surface area (Å²) in [6.45, 7) is 11.0. The number of thiazole rings is 1. The number of aromatic nitrogens is 1. The third-order valence-corrected chi connectivity index (χ3v) is 8.28. The lowest BCUT2D eigenvalue weighted by Crippen LogP contribution is -2.45. The maximum Gasteiger partial charge on any atom is 0.224 e. The van der Waals surface area contributed by atoms with Crippen molar-refractivity contribution in [3.63, 3.8) is 0 Å². The maximum absolute atomic E-state index is 13.7. The minimum absolute atomic E-state index is 0.0680. The highest BCUT2D eigenvalue weighted by Crippen LogP contribution is 2.29. The molecule has 0 radical (unpaired) electrons. The van der Waals surface area contributed by atoms with Crippen LogP contribution in [0.25, 0.3) is 10.2 Å². The molecule has 1 amide bonds. The SMILES string of the molecule is C=C(C#N)C(=O)CC[C@@H](NC(=O)[C@@H](CC(=O)CCC)Cc1nc2ccc(C(C)C)cc2s1)C1CCOCC1. The second-order valence-electron chi connectivity index (χ2n) is 10.5. The lowest BCUT2D eigenvalue weighted by molar-refractivity contribution is -0.130. The average Bonchev–Trinajstić information content (AvgIpc) is 3.32. The standard InChI is InChI=1S/C30H39N3O4S/c1-5-6-24(34)15-23(17-29-32-26-8-7-22(19(2)3)16-28(26)38-29)30(36)33-25(21-11-13-37-14-12-21)9-10-27(35)20(4)18-31/h7-8,16,19,21,23,25H,4-6,9-15,17H2,1-3H3,(H,33,36)/t23-,25+/m0/s1. The number of benzene rings is 1. The van der Waals surface area contributed by atoms with Crippen molar-refractivity contribution < 1.29 is 19.1 Å². The lowest BCUT2D eigenvalue weighted by Gasteiger charge is -2.32. The van der Waals surface area contributed by atoms with Crippen LogP contribution in [0.1, 0.15) is 82.2 Å². The van der Waals surface area contributed by atoms with E-state index >= 15 is 0 Å². The zero-order valence-corrected chi connectivity index (χ0v) is 23.6. The number of ketones is 2. The van der Waals surface area contributed by atoms with Crippen molar-refractivity contribution in [2.45, 2.75) is 84.1 Å². The van der Waals surface area contributed by atoms with Gasteiger partial charge in [0.15, 0.2) is 5.78 Å². The summed E-state index contributed by atoms with van der Waals surface area (Å²) in [6.07, 6.45) is 3.87. The zero-order valence-electron chi connectivity index (χ0n) is 22.8. The number of allylic oxidation sites excluding steroid dienone is 1. The Kier molecular flexibility index (Phi) is 11.2. The summed E-state index contributed by atoms with van der Waals surface area (Å²) < 4.78 is 6.59. The van der Waals surface area contributed by atoms with E-state index in [0.717, 1.165) is 34.5 Å². The van der Waals surface area contributed by atoms with E-state index in [1.54, 1.807) is 11.3 Å². The highest BCUT2D eigenvalue weighted by Gasteiger charge is 2.30. The summed E-state index contributed by atoms with van der Waals surface area (Å²) in [5, 5.41) is 13.0. The molecule has 2 heterocycles. The minimum atomic E-state index is -0.536. The molecule has 0 aliphatic carbocycles. The van der Waals surface area contributed by atoms with Gasteiger partial charge in [0.25, 0.3) is 0 Å². The summed E-state index contributed by atoms with van der Waals surface area (Å²) in [4.78, 5) is 43.4. The molecule has 1 aromatic carbocycles. The summed E-state index contributed by atoms with van der Waals surface area (Å²) in [7, 11) is 0. The molecule has 1 aromatic heterocycles. The number of amides is 1. The fourth-order valence-corrected chi connectivity index (χ4v) is 6.00. The second-order valence-corrected chi connectivity index (χ2v) is 11.6. The van der Waals surface area contributed by atoms with Gasteiger partial charge in [-0.05, 0) is 55.2 Å². The van der Waals surface area contributed by atoms with Gasteiger partial charge in [-0.2, -0.15) is 5.26 Å². The van der Waals surface area contributed by atoms with Crippen molar-refractivity contribution in [3.05, 3.63) is 40.9 Å². The van der Waals surface area contributed by atoms with Gasteiger partial charge in [-0.3, -0.25) is 14.4 Å². The summed E-state index contributed by atoms with van der Waals surface area (Å²) >= 11 is 1.58. The topological polar surface area (TPSA) is 109 Å². The van der Waals surface area contributed by atoms with Crippen LogP contribution in [0.4, 0.5) is 0 Å². The Morgan fingerprint density at radius 2 is 1.97 bits per heavy atom. The monoisotopic (exact) mass is 537 g/mol. The Bertz CT molecular complexity index is 1190. The number of carbonyl (C=O) groups is 3. The molecule has 204 valence electrons. The van der Waals surface area contributed by atoms with E-state index in [1.165, 1.54) is 5.56 Å². The molecule has 2 atom stereocenters. The first kappa shape index (κ1) is 29.7. The zero-order chi connectivity index (χ0) is 27.7. The van der Waals surface area contributed by atoms with Gasteiger partial charge in [0.2, 0.25) is 5.91 Å². The molecule has 0 unspecified atom stereocenters. The highest BCUT2D eigenvalue weighted by molar-refractivity contribution is 7.18. The summed E-state index contributed by atoms with van der Waals surface area (Å²) in [5.74, 6) is -0.372. The van der Waals surface area contributed by atoms with E-state index in [-0.39, 0.29) is 47.8 Å². The van der Waals surface area contributed by atoms with Gasteiger partial charge in [-0.1, -0.05) is 33.4 Å². The predicted octanol–water partition coefficient (Wildman–Crippen LogP) is 5.68. The molecule has 38 heavy (non-hydrogen) atoms. The van der Waals surface area contributed by atoms with E-state index in [1.807, 2.05) is 19.1 Å². The Morgan fingerprint density at radius 1 is 1.24 bits per heavy atom. The normalized spacial score (nSPS) is 15.7.